The highest BCUT2D eigenvalue weighted by molar-refractivity contribution is 5.65. The summed E-state index contributed by atoms with van der Waals surface area (Å²) in [7, 11) is 0. The van der Waals surface area contributed by atoms with Crippen molar-refractivity contribution in [1.29, 1.82) is 0 Å². The fourth-order valence-corrected chi connectivity index (χ4v) is 1.73. The Morgan fingerprint density at radius 1 is 1.81 bits per heavy atom. The van der Waals surface area contributed by atoms with E-state index >= 15 is 0 Å². The van der Waals surface area contributed by atoms with E-state index in [-0.39, 0.29) is 19.8 Å². The smallest absolute Gasteiger partial charge is 0.409 e. The molecule has 1 rings (SSSR count). The molecule has 0 aromatic carbocycles. The first-order valence-corrected chi connectivity index (χ1v) is 5.12. The molecule has 1 heterocycles. The van der Waals surface area contributed by atoms with Crippen molar-refractivity contribution in [3.63, 3.8) is 0 Å². The van der Waals surface area contributed by atoms with Gasteiger partial charge in [0.25, 0.3) is 0 Å². The first-order valence-electron chi connectivity index (χ1n) is 5.12. The molecule has 0 aromatic heterocycles. The van der Waals surface area contributed by atoms with Crippen LogP contribution in [0.15, 0.2) is 12.7 Å². The number of carboxylic acid groups (broad SMARTS) is 1. The van der Waals surface area contributed by atoms with E-state index < -0.39 is 16.9 Å². The summed E-state index contributed by atoms with van der Waals surface area (Å²) in [5, 5.41) is 23.8. The highest BCUT2D eigenvalue weighted by Crippen LogP contribution is 2.09. The van der Waals surface area contributed by atoms with Crippen LogP contribution >= 0.6 is 0 Å². The Kier molecular flexibility index (Phi) is 4.25. The third kappa shape index (κ3) is 3.17. The number of rotatable bonds is 5. The minimum Gasteiger partial charge on any atom is -0.632 e. The van der Waals surface area contributed by atoms with Gasteiger partial charge in [-0.15, -0.1) is 6.58 Å². The van der Waals surface area contributed by atoms with Crippen molar-refractivity contribution in [3.05, 3.63) is 17.9 Å². The second-order valence-corrected chi connectivity index (χ2v) is 3.91. The molecule has 0 spiro atoms. The van der Waals surface area contributed by atoms with Crippen LogP contribution in [0.25, 0.3) is 0 Å². The van der Waals surface area contributed by atoms with E-state index in [9.17, 15) is 10.0 Å². The molecule has 0 radical (unpaired) electrons. The second kappa shape index (κ2) is 5.26. The van der Waals surface area contributed by atoms with Gasteiger partial charge >= 0.3 is 6.09 Å². The lowest BCUT2D eigenvalue weighted by atomic mass is 10.3. The van der Waals surface area contributed by atoms with Crippen molar-refractivity contribution >= 4 is 6.09 Å². The van der Waals surface area contributed by atoms with Crippen LogP contribution in [0.1, 0.15) is 0 Å². The summed E-state index contributed by atoms with van der Waals surface area (Å²) >= 11 is 0. The lowest BCUT2D eigenvalue weighted by Crippen LogP contribution is -2.56. The molecular formula is C9H18N4O3. The molecule has 16 heavy (non-hydrogen) atoms. The summed E-state index contributed by atoms with van der Waals surface area (Å²) in [5.74, 6) is 0. The maximum absolute atomic E-state index is 12.0. The van der Waals surface area contributed by atoms with Crippen LogP contribution in [0, 0.1) is 5.21 Å². The SMILES string of the molecule is C=CCN(C(=O)O)C(N)C[N+]1([O-])CCNC1. The van der Waals surface area contributed by atoms with Gasteiger partial charge in [0.2, 0.25) is 0 Å². The summed E-state index contributed by atoms with van der Waals surface area (Å²) in [4.78, 5) is 11.9. The maximum atomic E-state index is 12.0. The van der Waals surface area contributed by atoms with E-state index in [4.69, 9.17) is 10.8 Å². The van der Waals surface area contributed by atoms with Gasteiger partial charge in [-0.2, -0.15) is 0 Å². The number of hydrogen-bond donors (Lipinski definition) is 3. The number of carbonyl (C=O) groups is 1. The van der Waals surface area contributed by atoms with Crippen LogP contribution in [-0.2, 0) is 0 Å². The van der Waals surface area contributed by atoms with Crippen molar-refractivity contribution in [3.8, 4) is 0 Å². The molecular weight excluding hydrogens is 212 g/mol. The largest absolute Gasteiger partial charge is 0.632 e. The molecule has 4 N–H and O–H groups in total. The Morgan fingerprint density at radius 3 is 2.94 bits per heavy atom. The van der Waals surface area contributed by atoms with Gasteiger partial charge in [0.1, 0.15) is 19.4 Å². The first kappa shape index (κ1) is 12.9. The minimum absolute atomic E-state index is 0.0626. The summed E-state index contributed by atoms with van der Waals surface area (Å²) in [5.41, 5.74) is 5.72. The van der Waals surface area contributed by atoms with Gasteiger partial charge in [0.05, 0.1) is 13.1 Å². The summed E-state index contributed by atoms with van der Waals surface area (Å²) in [6.07, 6.45) is -0.482. The van der Waals surface area contributed by atoms with E-state index in [1.165, 1.54) is 6.08 Å². The summed E-state index contributed by atoms with van der Waals surface area (Å²) in [6, 6.07) is 0. The number of nitrogens with zero attached hydrogens (tertiary/aromatic N) is 2. The molecule has 92 valence electrons. The summed E-state index contributed by atoms with van der Waals surface area (Å²) in [6.45, 7) is 5.01. The second-order valence-electron chi connectivity index (χ2n) is 3.91. The van der Waals surface area contributed by atoms with E-state index in [0.29, 0.717) is 13.1 Å². The Labute approximate surface area is 94.3 Å². The Hall–Kier alpha value is -1.15. The van der Waals surface area contributed by atoms with Gasteiger partial charge in [-0.1, -0.05) is 6.08 Å². The van der Waals surface area contributed by atoms with Crippen molar-refractivity contribution in [1.82, 2.24) is 10.2 Å². The molecule has 7 nitrogen and oxygen atoms in total. The lowest BCUT2D eigenvalue weighted by molar-refractivity contribution is -0.870. The number of nitrogens with two attached hydrogens (primary N) is 1. The van der Waals surface area contributed by atoms with E-state index in [1.807, 2.05) is 0 Å². The van der Waals surface area contributed by atoms with Crippen molar-refractivity contribution in [2.75, 3.05) is 32.8 Å². The fraction of sp³-hybridized carbons (Fsp3) is 0.667. The number of nitrogens with one attached hydrogen (secondary N) is 1. The standard InChI is InChI=1S/C9H18N4O3/c1-2-4-12(9(14)15)8(10)6-13(16)5-3-11-7-13/h2,8,11H,1,3-7,10H2,(H,14,15). The Bertz CT molecular complexity index is 265. The van der Waals surface area contributed by atoms with E-state index in [2.05, 4.69) is 11.9 Å². The van der Waals surface area contributed by atoms with Gasteiger partial charge in [-0.05, 0) is 0 Å². The Morgan fingerprint density at radius 2 is 2.50 bits per heavy atom. The highest BCUT2D eigenvalue weighted by atomic mass is 16.6. The van der Waals surface area contributed by atoms with Crippen LogP contribution in [0.2, 0.25) is 0 Å². The Balaban J connectivity index is 2.57. The predicted octanol–water partition coefficient (Wildman–Crippen LogP) is -0.687. The number of hydrogen-bond acceptors (Lipinski definition) is 4. The zero-order valence-corrected chi connectivity index (χ0v) is 9.13. The normalized spacial score (nSPS) is 26.4. The van der Waals surface area contributed by atoms with Crippen LogP contribution < -0.4 is 11.1 Å². The van der Waals surface area contributed by atoms with E-state index in [0.717, 1.165) is 4.90 Å². The van der Waals surface area contributed by atoms with Crippen LogP contribution in [0.3, 0.4) is 0 Å². The van der Waals surface area contributed by atoms with Crippen molar-refractivity contribution in [2.24, 2.45) is 5.73 Å². The lowest BCUT2D eigenvalue weighted by Gasteiger charge is -2.41. The average molecular weight is 230 g/mol. The van der Waals surface area contributed by atoms with Gasteiger partial charge < -0.3 is 20.7 Å². The van der Waals surface area contributed by atoms with Crippen molar-refractivity contribution < 1.29 is 14.5 Å². The number of quaternary nitrogens is 1. The average Bonchev–Trinajstić information content (AvgIpc) is 2.60. The fourth-order valence-electron chi connectivity index (χ4n) is 1.73. The predicted molar refractivity (Wildman–Crippen MR) is 59.1 cm³/mol. The van der Waals surface area contributed by atoms with Gasteiger partial charge in [0, 0.05) is 6.54 Å². The first-order chi connectivity index (χ1) is 7.48. The summed E-state index contributed by atoms with van der Waals surface area (Å²) < 4.78 is -0.484. The molecule has 2 atom stereocenters. The molecule has 2 unspecified atom stereocenters. The van der Waals surface area contributed by atoms with Gasteiger partial charge in [-0.3, -0.25) is 10.2 Å². The topological polar surface area (TPSA) is 102 Å². The molecule has 0 aliphatic carbocycles. The maximum Gasteiger partial charge on any atom is 0.409 e. The molecule has 1 aliphatic heterocycles. The van der Waals surface area contributed by atoms with Crippen LogP contribution in [0.4, 0.5) is 4.79 Å². The van der Waals surface area contributed by atoms with Gasteiger partial charge in [0.15, 0.2) is 0 Å². The number of hydroxylamine groups is 3. The van der Waals surface area contributed by atoms with Gasteiger partial charge in [-0.25, -0.2) is 4.79 Å². The zero-order chi connectivity index (χ0) is 12.2. The zero-order valence-electron chi connectivity index (χ0n) is 9.13. The molecule has 1 amide bonds. The van der Waals surface area contributed by atoms with E-state index in [1.54, 1.807) is 0 Å². The number of amides is 1. The molecule has 1 aliphatic rings. The third-order valence-corrected chi connectivity index (χ3v) is 2.59. The minimum atomic E-state index is -1.13. The van der Waals surface area contributed by atoms with Crippen molar-refractivity contribution in [2.45, 2.75) is 6.17 Å². The highest BCUT2D eigenvalue weighted by Gasteiger charge is 2.29. The van der Waals surface area contributed by atoms with Crippen LogP contribution in [0.5, 0.6) is 0 Å². The molecule has 0 aromatic rings. The third-order valence-electron chi connectivity index (χ3n) is 2.59. The molecule has 1 fully saturated rings. The molecule has 1 saturated heterocycles. The molecule has 0 bridgehead atoms. The molecule has 7 heteroatoms. The monoisotopic (exact) mass is 230 g/mol. The quantitative estimate of drug-likeness (QED) is 0.251. The molecule has 0 saturated carbocycles. The van der Waals surface area contributed by atoms with Crippen LogP contribution in [-0.4, -0.2) is 59.8 Å².